The van der Waals surface area contributed by atoms with Gasteiger partial charge in [-0.05, 0) is 36.5 Å². The summed E-state index contributed by atoms with van der Waals surface area (Å²) in [7, 11) is 0. The van der Waals surface area contributed by atoms with E-state index < -0.39 is 0 Å². The zero-order valence-electron chi connectivity index (χ0n) is 16.2. The number of carbonyl (C=O) groups excluding carboxylic acids is 2. The number of amides is 2. The van der Waals surface area contributed by atoms with Gasteiger partial charge in [0.15, 0.2) is 0 Å². The molecule has 0 saturated carbocycles. The maximum atomic E-state index is 13.4. The van der Waals surface area contributed by atoms with Crippen LogP contribution < -0.4 is 0 Å². The third-order valence-corrected chi connectivity index (χ3v) is 6.05. The van der Waals surface area contributed by atoms with Crippen LogP contribution in [-0.4, -0.2) is 34.7 Å². The summed E-state index contributed by atoms with van der Waals surface area (Å²) >= 11 is 12.5. The molecule has 6 heteroatoms. The molecule has 0 radical (unpaired) electrons. The number of likely N-dealkylation sites (tertiary alicyclic amines) is 1. The lowest BCUT2D eigenvalue weighted by atomic mass is 9.97. The van der Waals surface area contributed by atoms with Gasteiger partial charge < -0.3 is 4.90 Å². The predicted molar refractivity (Wildman–Crippen MR) is 115 cm³/mol. The number of hydrogen-bond donors (Lipinski definition) is 0. The molecule has 0 bridgehead atoms. The minimum absolute atomic E-state index is 0.236. The fourth-order valence-corrected chi connectivity index (χ4v) is 4.60. The number of nitrogens with zero attached hydrogens (tertiary/aromatic N) is 2. The molecular weight excluding hydrogens is 407 g/mol. The molecule has 2 aliphatic heterocycles. The van der Waals surface area contributed by atoms with Gasteiger partial charge in [-0.1, -0.05) is 66.5 Å². The van der Waals surface area contributed by atoms with Crippen molar-refractivity contribution >= 4 is 40.6 Å². The van der Waals surface area contributed by atoms with Crippen molar-refractivity contribution in [1.29, 1.82) is 0 Å². The van der Waals surface area contributed by atoms with Gasteiger partial charge in [-0.25, -0.2) is 0 Å². The van der Waals surface area contributed by atoms with Crippen LogP contribution in [0.15, 0.2) is 54.2 Å². The number of hydrogen-bond acceptors (Lipinski definition) is 3. The maximum absolute atomic E-state index is 13.4. The fraction of sp³-hybridized carbons (Fsp3) is 0.304. The minimum Gasteiger partial charge on any atom is -0.366 e. The molecule has 150 valence electrons. The molecule has 1 unspecified atom stereocenters. The van der Waals surface area contributed by atoms with Gasteiger partial charge in [0, 0.05) is 23.7 Å². The Labute approximate surface area is 180 Å². The molecule has 4 rings (SSSR count). The van der Waals surface area contributed by atoms with Crippen LogP contribution in [0.4, 0.5) is 0 Å². The van der Waals surface area contributed by atoms with Crippen molar-refractivity contribution in [2.45, 2.75) is 26.3 Å². The first-order valence-corrected chi connectivity index (χ1v) is 10.6. The summed E-state index contributed by atoms with van der Waals surface area (Å²) in [6.07, 6.45) is 2.11. The number of benzene rings is 2. The second-order valence-electron chi connectivity index (χ2n) is 7.72. The standard InChI is InChI=1S/C23H22Cl2N2O2/c1-15-6-5-11-26(13-15)21-20(18-10-9-17(24)12-19(18)25)22(28)27(23(21)29)14-16-7-3-2-4-8-16/h2-4,7-10,12,15H,5-6,11,13-14H2,1H3. The van der Waals surface area contributed by atoms with Crippen molar-refractivity contribution in [2.75, 3.05) is 13.1 Å². The summed E-state index contributed by atoms with van der Waals surface area (Å²) in [6, 6.07) is 14.6. The van der Waals surface area contributed by atoms with Crippen molar-refractivity contribution in [3.8, 4) is 0 Å². The van der Waals surface area contributed by atoms with Crippen molar-refractivity contribution in [1.82, 2.24) is 9.80 Å². The minimum atomic E-state index is -0.309. The summed E-state index contributed by atoms with van der Waals surface area (Å²) in [5.74, 6) is -0.102. The zero-order valence-corrected chi connectivity index (χ0v) is 17.7. The number of rotatable bonds is 4. The molecule has 2 aromatic rings. The van der Waals surface area contributed by atoms with Crippen LogP contribution in [0.5, 0.6) is 0 Å². The Balaban J connectivity index is 1.78. The molecule has 0 aromatic heterocycles. The quantitative estimate of drug-likeness (QED) is 0.642. The van der Waals surface area contributed by atoms with Gasteiger partial charge in [-0.2, -0.15) is 0 Å². The van der Waals surface area contributed by atoms with Gasteiger partial charge in [-0.3, -0.25) is 14.5 Å². The highest BCUT2D eigenvalue weighted by Crippen LogP contribution is 2.38. The van der Waals surface area contributed by atoms with E-state index in [1.807, 2.05) is 30.3 Å². The highest BCUT2D eigenvalue weighted by Gasteiger charge is 2.42. The molecule has 2 heterocycles. The first-order chi connectivity index (χ1) is 14.0. The lowest BCUT2D eigenvalue weighted by Crippen LogP contribution is -2.39. The summed E-state index contributed by atoms with van der Waals surface area (Å²) < 4.78 is 0. The van der Waals surface area contributed by atoms with E-state index in [1.54, 1.807) is 18.2 Å². The first kappa shape index (κ1) is 20.0. The van der Waals surface area contributed by atoms with Gasteiger partial charge in [0.25, 0.3) is 11.8 Å². The molecule has 4 nitrogen and oxygen atoms in total. The third kappa shape index (κ3) is 3.92. The summed E-state index contributed by atoms with van der Waals surface area (Å²) in [5.41, 5.74) is 2.30. The van der Waals surface area contributed by atoms with E-state index in [1.165, 1.54) is 4.90 Å². The van der Waals surface area contributed by atoms with Crippen molar-refractivity contribution in [3.05, 3.63) is 75.4 Å². The molecule has 0 aliphatic carbocycles. The van der Waals surface area contributed by atoms with E-state index in [2.05, 4.69) is 11.8 Å². The summed E-state index contributed by atoms with van der Waals surface area (Å²) in [4.78, 5) is 30.2. The van der Waals surface area contributed by atoms with Crippen LogP contribution in [0.1, 0.15) is 30.9 Å². The van der Waals surface area contributed by atoms with Crippen LogP contribution in [0.3, 0.4) is 0 Å². The van der Waals surface area contributed by atoms with Crippen molar-refractivity contribution in [3.63, 3.8) is 0 Å². The van der Waals surface area contributed by atoms with Gasteiger partial charge in [0.2, 0.25) is 0 Å². The fourth-order valence-electron chi connectivity index (χ4n) is 4.09. The Hall–Kier alpha value is -2.30. The van der Waals surface area contributed by atoms with Gasteiger partial charge in [-0.15, -0.1) is 0 Å². The largest absolute Gasteiger partial charge is 0.366 e. The van der Waals surface area contributed by atoms with E-state index in [0.717, 1.165) is 31.5 Å². The predicted octanol–water partition coefficient (Wildman–Crippen LogP) is 5.01. The van der Waals surface area contributed by atoms with Gasteiger partial charge >= 0.3 is 0 Å². The molecule has 2 aromatic carbocycles. The topological polar surface area (TPSA) is 40.6 Å². The summed E-state index contributed by atoms with van der Waals surface area (Å²) in [5, 5.41) is 0.864. The molecular formula is C23H22Cl2N2O2. The Bertz CT molecular complexity index is 988. The highest BCUT2D eigenvalue weighted by molar-refractivity contribution is 6.41. The Kier molecular flexibility index (Phi) is 5.66. The van der Waals surface area contributed by atoms with Crippen LogP contribution in [0.25, 0.3) is 5.57 Å². The first-order valence-electron chi connectivity index (χ1n) is 9.80. The Morgan fingerprint density at radius 1 is 1.03 bits per heavy atom. The van der Waals surface area contributed by atoms with Crippen LogP contribution in [0.2, 0.25) is 10.0 Å². The Morgan fingerprint density at radius 2 is 1.79 bits per heavy atom. The monoisotopic (exact) mass is 428 g/mol. The average molecular weight is 429 g/mol. The number of imide groups is 1. The second-order valence-corrected chi connectivity index (χ2v) is 8.57. The van der Waals surface area contributed by atoms with Crippen LogP contribution in [0, 0.1) is 5.92 Å². The van der Waals surface area contributed by atoms with E-state index in [9.17, 15) is 9.59 Å². The number of carbonyl (C=O) groups is 2. The average Bonchev–Trinajstić information content (AvgIpc) is 2.93. The van der Waals surface area contributed by atoms with Crippen molar-refractivity contribution < 1.29 is 9.59 Å². The van der Waals surface area contributed by atoms with E-state index in [4.69, 9.17) is 23.2 Å². The lowest BCUT2D eigenvalue weighted by molar-refractivity contribution is -0.138. The van der Waals surface area contributed by atoms with Gasteiger partial charge in [0.1, 0.15) is 5.70 Å². The SMILES string of the molecule is CC1CCCN(C2=C(c3ccc(Cl)cc3Cl)C(=O)N(Cc3ccccc3)C2=O)C1. The van der Waals surface area contributed by atoms with E-state index in [-0.39, 0.29) is 18.4 Å². The molecule has 1 saturated heterocycles. The molecule has 2 amide bonds. The Morgan fingerprint density at radius 3 is 2.48 bits per heavy atom. The van der Waals surface area contributed by atoms with Crippen molar-refractivity contribution in [2.24, 2.45) is 5.92 Å². The lowest BCUT2D eigenvalue weighted by Gasteiger charge is -2.33. The molecule has 0 N–H and O–H groups in total. The van der Waals surface area contributed by atoms with E-state index >= 15 is 0 Å². The van der Waals surface area contributed by atoms with Crippen LogP contribution in [-0.2, 0) is 16.1 Å². The van der Waals surface area contributed by atoms with E-state index in [0.29, 0.717) is 32.8 Å². The smallest absolute Gasteiger partial charge is 0.278 e. The second kappa shape index (κ2) is 8.21. The van der Waals surface area contributed by atoms with Crippen LogP contribution >= 0.6 is 23.2 Å². The summed E-state index contributed by atoms with van der Waals surface area (Å²) in [6.45, 7) is 3.92. The molecule has 2 aliphatic rings. The third-order valence-electron chi connectivity index (χ3n) is 5.50. The van der Waals surface area contributed by atoms with Gasteiger partial charge in [0.05, 0.1) is 17.1 Å². The number of piperidine rings is 1. The molecule has 1 fully saturated rings. The molecule has 29 heavy (non-hydrogen) atoms. The maximum Gasteiger partial charge on any atom is 0.278 e. The highest BCUT2D eigenvalue weighted by atomic mass is 35.5. The molecule has 0 spiro atoms. The number of halogens is 2. The zero-order chi connectivity index (χ0) is 20.5. The molecule has 1 atom stereocenters. The normalized spacial score (nSPS) is 20.0.